The Labute approximate surface area is 98.4 Å². The van der Waals surface area contributed by atoms with Gasteiger partial charge in [-0.15, -0.1) is 0 Å². The summed E-state index contributed by atoms with van der Waals surface area (Å²) in [6, 6.07) is 7.75. The molecule has 0 aliphatic heterocycles. The summed E-state index contributed by atoms with van der Waals surface area (Å²) < 4.78 is 0. The lowest BCUT2D eigenvalue weighted by Crippen LogP contribution is -2.08. The van der Waals surface area contributed by atoms with Gasteiger partial charge in [-0.2, -0.15) is 0 Å². The Bertz CT molecular complexity index is 509. The van der Waals surface area contributed by atoms with Crippen molar-refractivity contribution < 1.29 is 0 Å². The van der Waals surface area contributed by atoms with Crippen LogP contribution in [-0.4, -0.2) is 19.1 Å². The van der Waals surface area contributed by atoms with E-state index in [4.69, 9.17) is 23.2 Å². The molecule has 0 atom stereocenters. The summed E-state index contributed by atoms with van der Waals surface area (Å²) in [5.74, 6) is 0. The van der Waals surface area contributed by atoms with E-state index in [0.29, 0.717) is 10.3 Å². The van der Waals surface area contributed by atoms with Crippen LogP contribution in [0.3, 0.4) is 0 Å². The molecule has 0 unspecified atom stereocenters. The van der Waals surface area contributed by atoms with E-state index in [-0.39, 0.29) is 0 Å². The van der Waals surface area contributed by atoms with Crippen LogP contribution in [0.1, 0.15) is 0 Å². The van der Waals surface area contributed by atoms with Crippen molar-refractivity contribution in [1.82, 2.24) is 4.98 Å². The van der Waals surface area contributed by atoms with Gasteiger partial charge < -0.3 is 4.90 Å². The molecule has 0 spiro atoms. The molecule has 0 fully saturated rings. The lowest BCUT2D eigenvalue weighted by molar-refractivity contribution is 1.14. The van der Waals surface area contributed by atoms with Crippen molar-refractivity contribution in [3.63, 3.8) is 0 Å². The number of benzene rings is 1. The molecule has 2 nitrogen and oxygen atoms in total. The molecule has 15 heavy (non-hydrogen) atoms. The third-order valence-corrected chi connectivity index (χ3v) is 2.74. The fourth-order valence-corrected chi connectivity index (χ4v) is 2.07. The summed E-state index contributed by atoms with van der Waals surface area (Å²) in [6.45, 7) is 0. The lowest BCUT2D eigenvalue weighted by Gasteiger charge is -2.15. The van der Waals surface area contributed by atoms with Crippen LogP contribution >= 0.6 is 23.2 Å². The Balaban J connectivity index is 2.85. The quantitative estimate of drug-likeness (QED) is 0.709. The van der Waals surface area contributed by atoms with Crippen LogP contribution in [-0.2, 0) is 0 Å². The van der Waals surface area contributed by atoms with Crippen molar-refractivity contribution in [2.45, 2.75) is 0 Å². The van der Waals surface area contributed by atoms with Gasteiger partial charge in [0, 0.05) is 30.6 Å². The smallest absolute Gasteiger partial charge is 0.138 e. The molecule has 0 bridgehead atoms. The van der Waals surface area contributed by atoms with E-state index in [1.807, 2.05) is 43.3 Å². The second kappa shape index (κ2) is 3.87. The first-order valence-electron chi connectivity index (χ1n) is 4.51. The Morgan fingerprint density at radius 1 is 1.13 bits per heavy atom. The third-order valence-electron chi connectivity index (χ3n) is 2.26. The van der Waals surface area contributed by atoms with Crippen LogP contribution in [0.15, 0.2) is 24.3 Å². The van der Waals surface area contributed by atoms with E-state index in [1.54, 1.807) is 0 Å². The van der Waals surface area contributed by atoms with Crippen molar-refractivity contribution in [2.24, 2.45) is 0 Å². The lowest BCUT2D eigenvalue weighted by atomic mass is 10.1. The second-order valence-electron chi connectivity index (χ2n) is 3.50. The molecule has 1 aromatic heterocycles. The molecule has 0 saturated carbocycles. The minimum absolute atomic E-state index is 0.418. The molecule has 2 aromatic rings. The normalized spacial score (nSPS) is 10.7. The molecule has 1 heterocycles. The molecule has 1 aromatic carbocycles. The van der Waals surface area contributed by atoms with Crippen molar-refractivity contribution in [3.05, 3.63) is 34.6 Å². The maximum Gasteiger partial charge on any atom is 0.138 e. The zero-order valence-electron chi connectivity index (χ0n) is 8.46. The summed E-state index contributed by atoms with van der Waals surface area (Å²) in [5.41, 5.74) is 1.08. The van der Waals surface area contributed by atoms with Crippen molar-refractivity contribution in [1.29, 1.82) is 0 Å². The molecule has 0 aliphatic rings. The topological polar surface area (TPSA) is 16.1 Å². The number of aromatic nitrogens is 1. The summed E-state index contributed by atoms with van der Waals surface area (Å²) in [5, 5.41) is 2.81. The SMILES string of the molecule is CN(C)c1cccc2c(Cl)nc(Cl)cc12. The van der Waals surface area contributed by atoms with Crippen LogP contribution in [0.5, 0.6) is 0 Å². The molecular formula is C11H10Cl2N2. The number of nitrogens with zero attached hydrogens (tertiary/aromatic N) is 2. The number of halogens is 2. The Hall–Kier alpha value is -0.990. The van der Waals surface area contributed by atoms with Gasteiger partial charge in [-0.3, -0.25) is 0 Å². The molecule has 0 aliphatic carbocycles. The van der Waals surface area contributed by atoms with Gasteiger partial charge in [-0.05, 0) is 12.1 Å². The largest absolute Gasteiger partial charge is 0.377 e. The Morgan fingerprint density at radius 2 is 1.87 bits per heavy atom. The molecule has 4 heteroatoms. The molecule has 2 rings (SSSR count). The highest BCUT2D eigenvalue weighted by Crippen LogP contribution is 2.31. The highest BCUT2D eigenvalue weighted by atomic mass is 35.5. The van der Waals surface area contributed by atoms with E-state index in [2.05, 4.69) is 4.98 Å². The second-order valence-corrected chi connectivity index (χ2v) is 4.25. The van der Waals surface area contributed by atoms with Crippen LogP contribution < -0.4 is 4.90 Å². The molecule has 0 saturated heterocycles. The maximum atomic E-state index is 6.02. The van der Waals surface area contributed by atoms with E-state index >= 15 is 0 Å². The number of rotatable bonds is 1. The first-order chi connectivity index (χ1) is 7.09. The molecule has 78 valence electrons. The van der Waals surface area contributed by atoms with E-state index in [0.717, 1.165) is 16.5 Å². The van der Waals surface area contributed by atoms with E-state index < -0.39 is 0 Å². The highest BCUT2D eigenvalue weighted by molar-refractivity contribution is 6.37. The Kier molecular flexibility index (Phi) is 2.72. The number of anilines is 1. The monoisotopic (exact) mass is 240 g/mol. The minimum Gasteiger partial charge on any atom is -0.377 e. The standard InChI is InChI=1S/C11H10Cl2N2/c1-15(2)9-5-3-4-7-8(9)6-10(12)14-11(7)13/h3-6H,1-2H3. The van der Waals surface area contributed by atoms with E-state index in [9.17, 15) is 0 Å². The van der Waals surface area contributed by atoms with Gasteiger partial charge in [0.15, 0.2) is 0 Å². The fourth-order valence-electron chi connectivity index (χ4n) is 1.58. The average molecular weight is 241 g/mol. The number of hydrogen-bond donors (Lipinski definition) is 0. The number of hydrogen-bond acceptors (Lipinski definition) is 2. The van der Waals surface area contributed by atoms with Crippen LogP contribution in [0.2, 0.25) is 10.3 Å². The van der Waals surface area contributed by atoms with Crippen molar-refractivity contribution >= 4 is 39.7 Å². The van der Waals surface area contributed by atoms with Gasteiger partial charge in [-0.1, -0.05) is 35.3 Å². The van der Waals surface area contributed by atoms with Gasteiger partial charge in [0.25, 0.3) is 0 Å². The predicted octanol–water partition coefficient (Wildman–Crippen LogP) is 3.61. The zero-order chi connectivity index (χ0) is 11.0. The van der Waals surface area contributed by atoms with Crippen LogP contribution in [0.4, 0.5) is 5.69 Å². The summed E-state index contributed by atoms with van der Waals surface area (Å²) in [6.07, 6.45) is 0. The van der Waals surface area contributed by atoms with Crippen molar-refractivity contribution in [3.8, 4) is 0 Å². The summed E-state index contributed by atoms with van der Waals surface area (Å²) in [7, 11) is 3.97. The van der Waals surface area contributed by atoms with E-state index in [1.165, 1.54) is 0 Å². The van der Waals surface area contributed by atoms with Crippen LogP contribution in [0.25, 0.3) is 10.8 Å². The molecule has 0 amide bonds. The first-order valence-corrected chi connectivity index (χ1v) is 5.27. The molecular weight excluding hydrogens is 231 g/mol. The van der Waals surface area contributed by atoms with Gasteiger partial charge >= 0.3 is 0 Å². The third kappa shape index (κ3) is 1.87. The fraction of sp³-hybridized carbons (Fsp3) is 0.182. The first kappa shape index (κ1) is 10.5. The van der Waals surface area contributed by atoms with Crippen LogP contribution in [0, 0.1) is 0 Å². The van der Waals surface area contributed by atoms with Gasteiger partial charge in [0.1, 0.15) is 10.3 Å². The van der Waals surface area contributed by atoms with Gasteiger partial charge in [0.2, 0.25) is 0 Å². The summed E-state index contributed by atoms with van der Waals surface area (Å²) >= 11 is 11.9. The Morgan fingerprint density at radius 3 is 2.53 bits per heavy atom. The molecule has 0 radical (unpaired) electrons. The van der Waals surface area contributed by atoms with Gasteiger partial charge in [-0.25, -0.2) is 4.98 Å². The average Bonchev–Trinajstić information content (AvgIpc) is 2.16. The maximum absolute atomic E-state index is 6.02. The predicted molar refractivity (Wildman–Crippen MR) is 66.1 cm³/mol. The minimum atomic E-state index is 0.418. The summed E-state index contributed by atoms with van der Waals surface area (Å²) in [4.78, 5) is 6.04. The number of fused-ring (bicyclic) bond motifs is 1. The highest BCUT2D eigenvalue weighted by Gasteiger charge is 2.07. The number of pyridine rings is 1. The molecule has 0 N–H and O–H groups in total. The zero-order valence-corrected chi connectivity index (χ0v) is 9.97. The van der Waals surface area contributed by atoms with Crippen molar-refractivity contribution in [2.75, 3.05) is 19.0 Å². The van der Waals surface area contributed by atoms with Gasteiger partial charge in [0.05, 0.1) is 0 Å².